The summed E-state index contributed by atoms with van der Waals surface area (Å²) in [6, 6.07) is 0. The molecule has 0 radical (unpaired) electrons. The first-order valence-corrected chi connectivity index (χ1v) is 21.0. The van der Waals surface area contributed by atoms with Crippen LogP contribution in [-0.4, -0.2) is 139 Å². The molecule has 0 aromatic carbocycles. The van der Waals surface area contributed by atoms with E-state index in [9.17, 15) is 55.5 Å². The predicted octanol–water partition coefficient (Wildman–Crippen LogP) is 1.38. The topological polar surface area (TPSA) is 253 Å². The van der Waals surface area contributed by atoms with Crippen molar-refractivity contribution in [3.05, 3.63) is 11.6 Å². The number of carboxylic acid groups (broad SMARTS) is 1. The van der Waals surface area contributed by atoms with Crippen LogP contribution in [0, 0.1) is 50.2 Å². The first kappa shape index (κ1) is 43.3. The number of ether oxygens (including phenoxy) is 4. The Kier molecular flexibility index (Phi) is 11.2. The first-order valence-electron chi connectivity index (χ1n) is 21.0. The minimum Gasteiger partial charge on any atom is -0.479 e. The minimum atomic E-state index is -1.80. The molecule has 4 saturated carbocycles. The number of aliphatic hydroxyl groups excluding tert-OH is 8. The van der Waals surface area contributed by atoms with E-state index in [1.807, 2.05) is 0 Å². The maximum atomic E-state index is 14.6. The molecule has 4 unspecified atom stereocenters. The number of fused-ring (bicyclic) bond motifs is 7. The van der Waals surface area contributed by atoms with Crippen LogP contribution >= 0.6 is 0 Å². The maximum absolute atomic E-state index is 14.6. The van der Waals surface area contributed by atoms with Gasteiger partial charge in [-0.05, 0) is 109 Å². The van der Waals surface area contributed by atoms with Crippen LogP contribution in [-0.2, 0) is 28.5 Å². The van der Waals surface area contributed by atoms with E-state index < -0.39 is 102 Å². The van der Waals surface area contributed by atoms with Crippen LogP contribution < -0.4 is 0 Å². The molecule has 6 fully saturated rings. The number of carbonyl (C=O) groups is 2. The number of aliphatic hydroxyl groups is 8. The molecule has 15 heteroatoms. The molecule has 57 heavy (non-hydrogen) atoms. The number of esters is 1. The van der Waals surface area contributed by atoms with Crippen molar-refractivity contribution >= 4 is 11.9 Å². The van der Waals surface area contributed by atoms with E-state index in [-0.39, 0.29) is 40.6 Å². The van der Waals surface area contributed by atoms with Gasteiger partial charge in [-0.25, -0.2) is 4.79 Å². The molecule has 9 N–H and O–H groups in total. The Morgan fingerprint density at radius 3 is 2.05 bits per heavy atom. The number of hydrogen-bond acceptors (Lipinski definition) is 14. The highest BCUT2D eigenvalue weighted by molar-refractivity contribution is 5.79. The quantitative estimate of drug-likeness (QED) is 0.100. The third-order valence-electron chi connectivity index (χ3n) is 17.4. The summed E-state index contributed by atoms with van der Waals surface area (Å²) in [5.74, 6) is -1.85. The van der Waals surface area contributed by atoms with Crippen LogP contribution in [0.25, 0.3) is 0 Å². The minimum absolute atomic E-state index is 0.0390. The highest BCUT2D eigenvalue weighted by Crippen LogP contribution is 2.76. The number of hydrogen-bond donors (Lipinski definition) is 9. The van der Waals surface area contributed by atoms with E-state index in [1.165, 1.54) is 5.57 Å². The van der Waals surface area contributed by atoms with Gasteiger partial charge in [-0.1, -0.05) is 53.2 Å². The molecule has 19 atom stereocenters. The molecule has 0 aromatic rings. The zero-order valence-corrected chi connectivity index (χ0v) is 34.1. The lowest BCUT2D eigenvalue weighted by Gasteiger charge is -2.71. The number of rotatable bonds is 7. The summed E-state index contributed by atoms with van der Waals surface area (Å²) in [6.07, 6.45) is -7.44. The lowest BCUT2D eigenvalue weighted by molar-refractivity contribution is -0.324. The average molecular weight is 811 g/mol. The van der Waals surface area contributed by atoms with Gasteiger partial charge in [-0.3, -0.25) is 4.79 Å². The molecule has 7 aliphatic rings. The Hall–Kier alpha value is -1.76. The van der Waals surface area contributed by atoms with Crippen LogP contribution in [0.5, 0.6) is 0 Å². The Morgan fingerprint density at radius 2 is 1.40 bits per heavy atom. The fourth-order valence-corrected chi connectivity index (χ4v) is 13.6. The lowest BCUT2D eigenvalue weighted by Crippen LogP contribution is -2.66. The van der Waals surface area contributed by atoms with Crippen LogP contribution in [0.1, 0.15) is 106 Å². The van der Waals surface area contributed by atoms with E-state index in [0.717, 1.165) is 25.7 Å². The summed E-state index contributed by atoms with van der Waals surface area (Å²) in [6.45, 7) is 12.8. The second kappa shape index (κ2) is 14.7. The van der Waals surface area contributed by atoms with Gasteiger partial charge in [-0.15, -0.1) is 0 Å². The Bertz CT molecular complexity index is 1590. The highest BCUT2D eigenvalue weighted by Gasteiger charge is 2.70. The standard InChI is InChI=1S/C42H66O15/c1-37(2)23-9-12-41(6)24(39(23,4)11-10-25(37)55-35-31(50)28(47)29(48)32(56-35)33(51)52)8-7-20-21-17-38(3,19-44)13-15-42(21,16-14-40(20,41)5)36(53)57-34-30(49)27(46)26(45)22(18-43)54-34/h7,21-32,34-35,43-50H,8-19H2,1-6H3,(H,51,52)/t21?,22-,23?,24?,25+,26-,27+,28+,29+,30-,31-,32+,34+,35-,38?,39+,40-,41-,42+/m0/s1. The van der Waals surface area contributed by atoms with Gasteiger partial charge in [0.1, 0.15) is 42.7 Å². The summed E-state index contributed by atoms with van der Waals surface area (Å²) in [5, 5.41) is 93.1. The molecule has 0 spiro atoms. The summed E-state index contributed by atoms with van der Waals surface area (Å²) in [7, 11) is 0. The number of carboxylic acids is 1. The predicted molar refractivity (Wildman–Crippen MR) is 200 cm³/mol. The fraction of sp³-hybridized carbons (Fsp3) is 0.905. The van der Waals surface area contributed by atoms with Crippen LogP contribution in [0.15, 0.2) is 11.6 Å². The molecule has 5 aliphatic carbocycles. The third kappa shape index (κ3) is 6.39. The third-order valence-corrected chi connectivity index (χ3v) is 17.4. The zero-order chi connectivity index (χ0) is 41.8. The molecule has 15 nitrogen and oxygen atoms in total. The molecule has 324 valence electrons. The fourth-order valence-electron chi connectivity index (χ4n) is 13.6. The van der Waals surface area contributed by atoms with E-state index in [2.05, 4.69) is 47.6 Å². The van der Waals surface area contributed by atoms with Gasteiger partial charge in [-0.2, -0.15) is 0 Å². The van der Waals surface area contributed by atoms with Crippen molar-refractivity contribution < 1.29 is 74.5 Å². The smallest absolute Gasteiger partial charge is 0.335 e. The van der Waals surface area contributed by atoms with Crippen molar-refractivity contribution in [2.75, 3.05) is 13.2 Å². The monoisotopic (exact) mass is 810 g/mol. The van der Waals surface area contributed by atoms with Gasteiger partial charge in [0, 0.05) is 6.61 Å². The number of allylic oxidation sites excluding steroid dienone is 2. The Morgan fingerprint density at radius 1 is 0.754 bits per heavy atom. The van der Waals surface area contributed by atoms with Crippen molar-refractivity contribution in [3.8, 4) is 0 Å². The molecule has 0 aromatic heterocycles. The SMILES string of the molecule is CC1(CO)CC[C@@]2(C(=O)O[C@H]3O[C@@H](CO)[C@H](O)[C@@H](O)[C@@H]3O)CC[C@@]3(C)C(=CCC4[C@]5(C)CC[C@@H](O[C@H]6O[C@@H](C(=O)O)[C@H](O)[C@@H](O)[C@@H]6O)C(C)(C)C5CC[C@@]43C)C2C1. The molecule has 2 heterocycles. The van der Waals surface area contributed by atoms with Crippen molar-refractivity contribution in [2.45, 2.75) is 173 Å². The van der Waals surface area contributed by atoms with Gasteiger partial charge in [0.05, 0.1) is 18.1 Å². The Labute approximate surface area is 334 Å². The molecule has 0 bridgehead atoms. The van der Waals surface area contributed by atoms with Crippen LogP contribution in [0.4, 0.5) is 0 Å². The maximum Gasteiger partial charge on any atom is 0.335 e. The van der Waals surface area contributed by atoms with Crippen molar-refractivity contribution in [1.29, 1.82) is 0 Å². The van der Waals surface area contributed by atoms with E-state index in [1.54, 1.807) is 0 Å². The van der Waals surface area contributed by atoms with E-state index in [4.69, 9.17) is 18.9 Å². The van der Waals surface area contributed by atoms with Gasteiger partial charge in [0.2, 0.25) is 6.29 Å². The number of carbonyl (C=O) groups excluding carboxylic acids is 1. The normalized spacial score (nSPS) is 53.3. The highest BCUT2D eigenvalue weighted by atomic mass is 16.7. The second-order valence-corrected chi connectivity index (χ2v) is 20.5. The van der Waals surface area contributed by atoms with Gasteiger partial charge in [0.15, 0.2) is 12.4 Å². The number of aliphatic carboxylic acids is 1. The molecular weight excluding hydrogens is 744 g/mol. The lowest BCUT2D eigenvalue weighted by atomic mass is 9.33. The van der Waals surface area contributed by atoms with Gasteiger partial charge >= 0.3 is 11.9 Å². The van der Waals surface area contributed by atoms with Crippen molar-refractivity contribution in [3.63, 3.8) is 0 Å². The van der Waals surface area contributed by atoms with Crippen LogP contribution in [0.3, 0.4) is 0 Å². The molecule has 2 aliphatic heterocycles. The average Bonchev–Trinajstić information content (AvgIpc) is 3.16. The van der Waals surface area contributed by atoms with E-state index >= 15 is 0 Å². The van der Waals surface area contributed by atoms with Crippen molar-refractivity contribution in [2.24, 2.45) is 50.2 Å². The van der Waals surface area contributed by atoms with Gasteiger partial charge in [0.25, 0.3) is 0 Å². The summed E-state index contributed by atoms with van der Waals surface area (Å²) in [4.78, 5) is 26.4. The van der Waals surface area contributed by atoms with Gasteiger partial charge < -0.3 is 64.9 Å². The summed E-state index contributed by atoms with van der Waals surface area (Å²) < 4.78 is 23.5. The largest absolute Gasteiger partial charge is 0.479 e. The molecular formula is C42H66O15. The molecule has 2 saturated heterocycles. The van der Waals surface area contributed by atoms with Crippen molar-refractivity contribution in [1.82, 2.24) is 0 Å². The summed E-state index contributed by atoms with van der Waals surface area (Å²) >= 11 is 0. The Balaban J connectivity index is 1.17. The molecule has 0 amide bonds. The van der Waals surface area contributed by atoms with Crippen LogP contribution in [0.2, 0.25) is 0 Å². The zero-order valence-electron chi connectivity index (χ0n) is 34.1. The second-order valence-electron chi connectivity index (χ2n) is 20.5. The summed E-state index contributed by atoms with van der Waals surface area (Å²) in [5.41, 5.74) is -1.28. The van der Waals surface area contributed by atoms with E-state index in [0.29, 0.717) is 38.5 Å². The molecule has 7 rings (SSSR count). The first-order chi connectivity index (χ1) is 26.5.